The van der Waals surface area contributed by atoms with Gasteiger partial charge in [-0.1, -0.05) is 6.92 Å². The Labute approximate surface area is 128 Å². The maximum absolute atomic E-state index is 12.4. The van der Waals surface area contributed by atoms with Crippen LogP contribution in [0.4, 0.5) is 0 Å². The molecular weight excluding hydrogens is 308 g/mol. The summed E-state index contributed by atoms with van der Waals surface area (Å²) in [6, 6.07) is 3.33. The van der Waals surface area contributed by atoms with Crippen molar-refractivity contribution in [3.63, 3.8) is 0 Å². The summed E-state index contributed by atoms with van der Waals surface area (Å²) < 4.78 is 27.3. The van der Waals surface area contributed by atoms with Gasteiger partial charge in [0, 0.05) is 17.6 Å². The lowest BCUT2D eigenvalue weighted by molar-refractivity contribution is 0.578. The molecule has 0 spiro atoms. The number of hydrogen-bond donors (Lipinski definition) is 2. The average molecular weight is 326 g/mol. The fourth-order valence-electron chi connectivity index (χ4n) is 1.79. The Morgan fingerprint density at radius 3 is 2.81 bits per heavy atom. The predicted octanol–water partition coefficient (Wildman–Crippen LogP) is 1.43. The zero-order chi connectivity index (χ0) is 15.3. The van der Waals surface area contributed by atoms with Gasteiger partial charge in [0.15, 0.2) is 0 Å². The molecule has 0 atom stereocenters. The van der Waals surface area contributed by atoms with Crippen LogP contribution in [-0.2, 0) is 23.1 Å². The summed E-state index contributed by atoms with van der Waals surface area (Å²) in [5.41, 5.74) is 0.648. The van der Waals surface area contributed by atoms with Crippen molar-refractivity contribution in [3.05, 3.63) is 40.1 Å². The second kappa shape index (κ2) is 7.08. The molecular formula is C13H18N4O2S2. The van der Waals surface area contributed by atoms with E-state index in [1.807, 2.05) is 6.92 Å². The number of nitrogens with zero attached hydrogens (tertiary/aromatic N) is 2. The van der Waals surface area contributed by atoms with Crippen LogP contribution in [0.1, 0.15) is 23.3 Å². The molecule has 0 unspecified atom stereocenters. The summed E-state index contributed by atoms with van der Waals surface area (Å²) in [5, 5.41) is 4.93. The molecule has 2 heterocycles. The molecule has 0 aliphatic heterocycles. The zero-order valence-corrected chi connectivity index (χ0v) is 13.6. The molecule has 0 aliphatic carbocycles. The molecule has 2 aromatic rings. The second-order valence-electron chi connectivity index (χ2n) is 4.41. The second-order valence-corrected chi connectivity index (χ2v) is 7.14. The first kappa shape index (κ1) is 16.0. The van der Waals surface area contributed by atoms with Crippen LogP contribution in [0.5, 0.6) is 0 Å². The normalized spacial score (nSPS) is 11.7. The van der Waals surface area contributed by atoms with Gasteiger partial charge in [0.25, 0.3) is 0 Å². The number of nitrogens with one attached hydrogen (secondary N) is 2. The van der Waals surface area contributed by atoms with Crippen LogP contribution in [0.3, 0.4) is 0 Å². The number of thiophene rings is 1. The largest absolute Gasteiger partial charge is 0.312 e. The monoisotopic (exact) mass is 326 g/mol. The highest BCUT2D eigenvalue weighted by Crippen LogP contribution is 2.21. The molecule has 0 amide bonds. The summed E-state index contributed by atoms with van der Waals surface area (Å²) in [4.78, 5) is 9.31. The molecule has 0 saturated heterocycles. The minimum absolute atomic E-state index is 0.155. The highest BCUT2D eigenvalue weighted by atomic mass is 32.2. The van der Waals surface area contributed by atoms with E-state index in [1.54, 1.807) is 30.6 Å². The Balaban J connectivity index is 2.10. The van der Waals surface area contributed by atoms with Crippen molar-refractivity contribution < 1.29 is 8.42 Å². The van der Waals surface area contributed by atoms with Gasteiger partial charge in [0.1, 0.15) is 5.82 Å². The van der Waals surface area contributed by atoms with E-state index in [2.05, 4.69) is 20.0 Å². The molecule has 8 heteroatoms. The third kappa shape index (κ3) is 4.31. The summed E-state index contributed by atoms with van der Waals surface area (Å²) in [5.74, 6) is 0.620. The average Bonchev–Trinajstić information content (AvgIpc) is 2.92. The van der Waals surface area contributed by atoms with Crippen molar-refractivity contribution in [2.75, 3.05) is 6.54 Å². The van der Waals surface area contributed by atoms with E-state index in [0.29, 0.717) is 23.0 Å². The van der Waals surface area contributed by atoms with Crippen molar-refractivity contribution >= 4 is 21.4 Å². The van der Waals surface area contributed by atoms with Gasteiger partial charge in [0.2, 0.25) is 10.0 Å². The maximum Gasteiger partial charge on any atom is 0.242 e. The van der Waals surface area contributed by atoms with E-state index in [4.69, 9.17) is 0 Å². The van der Waals surface area contributed by atoms with Crippen molar-refractivity contribution in [3.8, 4) is 0 Å². The smallest absolute Gasteiger partial charge is 0.242 e. The molecule has 0 bridgehead atoms. The van der Waals surface area contributed by atoms with Gasteiger partial charge < -0.3 is 5.32 Å². The van der Waals surface area contributed by atoms with Gasteiger partial charge in [-0.15, -0.1) is 11.3 Å². The molecule has 21 heavy (non-hydrogen) atoms. The van der Waals surface area contributed by atoms with Gasteiger partial charge in [-0.25, -0.2) is 23.1 Å². The van der Waals surface area contributed by atoms with Gasteiger partial charge in [-0.05, 0) is 31.0 Å². The molecule has 2 N–H and O–H groups in total. The molecule has 0 fully saturated rings. The molecule has 0 aromatic carbocycles. The molecule has 0 radical (unpaired) electrons. The SMILES string of the molecule is CCNCc1sccc1S(=O)(=O)NCc1ccnc(C)n1. The van der Waals surface area contributed by atoms with Crippen LogP contribution < -0.4 is 10.0 Å². The van der Waals surface area contributed by atoms with Gasteiger partial charge in [-0.2, -0.15) is 0 Å². The molecule has 0 saturated carbocycles. The Morgan fingerprint density at radius 1 is 1.29 bits per heavy atom. The van der Waals surface area contributed by atoms with E-state index in [9.17, 15) is 8.42 Å². The maximum atomic E-state index is 12.4. The highest BCUT2D eigenvalue weighted by molar-refractivity contribution is 7.89. The minimum Gasteiger partial charge on any atom is -0.312 e. The highest BCUT2D eigenvalue weighted by Gasteiger charge is 2.19. The van der Waals surface area contributed by atoms with Crippen molar-refractivity contribution in [1.29, 1.82) is 0 Å². The molecule has 2 aromatic heterocycles. The van der Waals surface area contributed by atoms with E-state index in [-0.39, 0.29) is 6.54 Å². The van der Waals surface area contributed by atoms with Gasteiger partial charge >= 0.3 is 0 Å². The van der Waals surface area contributed by atoms with E-state index < -0.39 is 10.0 Å². The van der Waals surface area contributed by atoms with Gasteiger partial charge in [-0.3, -0.25) is 0 Å². The topological polar surface area (TPSA) is 84.0 Å². The van der Waals surface area contributed by atoms with Crippen LogP contribution in [0, 0.1) is 6.92 Å². The minimum atomic E-state index is -3.53. The quantitative estimate of drug-likeness (QED) is 0.804. The van der Waals surface area contributed by atoms with Crippen LogP contribution in [0.25, 0.3) is 0 Å². The number of hydrogen-bond acceptors (Lipinski definition) is 6. The Bertz CT molecular complexity index is 698. The van der Waals surface area contributed by atoms with E-state index >= 15 is 0 Å². The lowest BCUT2D eigenvalue weighted by Crippen LogP contribution is -2.25. The van der Waals surface area contributed by atoms with Crippen molar-refractivity contribution in [2.45, 2.75) is 31.8 Å². The van der Waals surface area contributed by atoms with Crippen LogP contribution in [0.15, 0.2) is 28.6 Å². The fourth-order valence-corrected chi connectivity index (χ4v) is 4.20. The van der Waals surface area contributed by atoms with Crippen LogP contribution >= 0.6 is 11.3 Å². The number of aromatic nitrogens is 2. The first-order chi connectivity index (χ1) is 10.0. The fraction of sp³-hybridized carbons (Fsp3) is 0.385. The standard InChI is InChI=1S/C13H18N4O2S2/c1-3-14-9-12-13(5-7-20-12)21(18,19)16-8-11-4-6-15-10(2)17-11/h4-7,14,16H,3,8-9H2,1-2H3. The van der Waals surface area contributed by atoms with Crippen molar-refractivity contribution in [1.82, 2.24) is 20.0 Å². The Morgan fingerprint density at radius 2 is 2.10 bits per heavy atom. The number of rotatable bonds is 7. The molecule has 114 valence electrons. The Kier molecular flexibility index (Phi) is 5.40. The lowest BCUT2D eigenvalue weighted by atomic mass is 10.4. The Hall–Kier alpha value is -1.35. The lowest BCUT2D eigenvalue weighted by Gasteiger charge is -2.08. The summed E-state index contributed by atoms with van der Waals surface area (Å²) in [6.45, 7) is 5.26. The summed E-state index contributed by atoms with van der Waals surface area (Å²) in [6.07, 6.45) is 1.62. The molecule has 0 aliphatic rings. The first-order valence-electron chi connectivity index (χ1n) is 6.58. The van der Waals surface area contributed by atoms with Crippen molar-refractivity contribution in [2.24, 2.45) is 0 Å². The predicted molar refractivity (Wildman–Crippen MR) is 82.5 cm³/mol. The van der Waals surface area contributed by atoms with Crippen LogP contribution in [0.2, 0.25) is 0 Å². The van der Waals surface area contributed by atoms with Crippen LogP contribution in [-0.4, -0.2) is 24.9 Å². The zero-order valence-electron chi connectivity index (χ0n) is 12.0. The van der Waals surface area contributed by atoms with Gasteiger partial charge in [0.05, 0.1) is 17.1 Å². The van der Waals surface area contributed by atoms with E-state index in [0.717, 1.165) is 11.4 Å². The van der Waals surface area contributed by atoms with E-state index in [1.165, 1.54) is 11.3 Å². The molecule has 2 rings (SSSR count). The molecule has 6 nitrogen and oxygen atoms in total. The summed E-state index contributed by atoms with van der Waals surface area (Å²) in [7, 11) is -3.53. The first-order valence-corrected chi connectivity index (χ1v) is 8.94. The third-order valence-corrected chi connectivity index (χ3v) is 5.34. The third-order valence-electron chi connectivity index (χ3n) is 2.81. The number of aryl methyl sites for hydroxylation is 1. The summed E-state index contributed by atoms with van der Waals surface area (Å²) >= 11 is 1.43. The number of sulfonamides is 1.